The van der Waals surface area contributed by atoms with Crippen molar-refractivity contribution in [2.24, 2.45) is 0 Å². The third-order valence-corrected chi connectivity index (χ3v) is 11.4. The summed E-state index contributed by atoms with van der Waals surface area (Å²) in [6.07, 6.45) is 56.9. The summed E-state index contributed by atoms with van der Waals surface area (Å²) in [4.78, 5) is 37.9. The Bertz CT molecular complexity index is 1020. The van der Waals surface area contributed by atoms with E-state index in [9.17, 15) is 14.4 Å². The Balaban J connectivity index is 4.38. The molecule has 1 atom stereocenters. The number of carbonyl (C=O) groups is 3. The highest BCUT2D eigenvalue weighted by Gasteiger charge is 2.19. The second kappa shape index (κ2) is 49.3. The maximum absolute atomic E-state index is 12.8. The summed E-state index contributed by atoms with van der Waals surface area (Å²) < 4.78 is 16.8. The maximum Gasteiger partial charge on any atom is 0.306 e. The summed E-state index contributed by atoms with van der Waals surface area (Å²) in [6.45, 7) is 6.60. The summed E-state index contributed by atoms with van der Waals surface area (Å²) in [5.41, 5.74) is 0. The molecule has 0 fully saturated rings. The highest BCUT2D eigenvalue weighted by molar-refractivity contribution is 5.71. The molecule has 0 radical (unpaired) electrons. The summed E-state index contributed by atoms with van der Waals surface area (Å²) in [5, 5.41) is 0. The highest BCUT2D eigenvalue weighted by atomic mass is 16.6. The SMILES string of the molecule is CCCCC/C=C\C/C=C\CCCCCCCC(=O)OC[C@H](COC(=O)CCCCCCCCCCCCCC)OC(=O)CCCCCCCCC/C=C\CCCCCC. The van der Waals surface area contributed by atoms with E-state index in [0.717, 1.165) is 77.0 Å². The molecule has 0 bridgehead atoms. The van der Waals surface area contributed by atoms with Crippen LogP contribution in [0.4, 0.5) is 0 Å². The van der Waals surface area contributed by atoms with E-state index in [0.29, 0.717) is 19.3 Å². The number of carbonyl (C=O) groups excluding carboxylic acids is 3. The van der Waals surface area contributed by atoms with E-state index in [1.165, 1.54) is 154 Å². The van der Waals surface area contributed by atoms with Crippen LogP contribution in [0.5, 0.6) is 0 Å². The molecule has 0 rings (SSSR count). The summed E-state index contributed by atoms with van der Waals surface area (Å²) in [6, 6.07) is 0. The van der Waals surface area contributed by atoms with Crippen LogP contribution in [0.2, 0.25) is 0 Å². The second-order valence-electron chi connectivity index (χ2n) is 17.4. The van der Waals surface area contributed by atoms with Gasteiger partial charge in [-0.05, 0) is 77.0 Å². The molecule has 0 aliphatic carbocycles. The number of ether oxygens (including phenoxy) is 3. The molecule has 0 aromatic heterocycles. The summed E-state index contributed by atoms with van der Waals surface area (Å²) in [7, 11) is 0. The first-order chi connectivity index (χ1) is 29.5. The Morgan fingerprint density at radius 1 is 0.333 bits per heavy atom. The molecule has 0 N–H and O–H groups in total. The number of esters is 3. The number of hydrogen-bond donors (Lipinski definition) is 0. The van der Waals surface area contributed by atoms with Gasteiger partial charge in [0, 0.05) is 19.3 Å². The van der Waals surface area contributed by atoms with Gasteiger partial charge in [0.15, 0.2) is 6.10 Å². The molecule has 0 aliphatic heterocycles. The highest BCUT2D eigenvalue weighted by Crippen LogP contribution is 2.15. The molecule has 0 saturated heterocycles. The monoisotopic (exact) mass is 843 g/mol. The minimum absolute atomic E-state index is 0.0755. The lowest BCUT2D eigenvalue weighted by Crippen LogP contribution is -2.30. The molecule has 0 aliphatic rings. The van der Waals surface area contributed by atoms with E-state index >= 15 is 0 Å². The van der Waals surface area contributed by atoms with Gasteiger partial charge in [0.2, 0.25) is 0 Å². The number of hydrogen-bond acceptors (Lipinski definition) is 6. The van der Waals surface area contributed by atoms with Crippen LogP contribution < -0.4 is 0 Å². The molecule has 6 heteroatoms. The lowest BCUT2D eigenvalue weighted by Gasteiger charge is -2.18. The van der Waals surface area contributed by atoms with Crippen molar-refractivity contribution in [2.75, 3.05) is 13.2 Å². The second-order valence-corrected chi connectivity index (χ2v) is 17.4. The fourth-order valence-corrected chi connectivity index (χ4v) is 7.41. The summed E-state index contributed by atoms with van der Waals surface area (Å²) in [5.74, 6) is -0.885. The van der Waals surface area contributed by atoms with Crippen LogP contribution >= 0.6 is 0 Å². The van der Waals surface area contributed by atoms with Crippen LogP contribution in [0.25, 0.3) is 0 Å². The van der Waals surface area contributed by atoms with E-state index in [-0.39, 0.29) is 31.1 Å². The molecule has 6 nitrogen and oxygen atoms in total. The van der Waals surface area contributed by atoms with Crippen molar-refractivity contribution in [1.29, 1.82) is 0 Å². The van der Waals surface area contributed by atoms with Crippen molar-refractivity contribution in [3.63, 3.8) is 0 Å². The predicted octanol–water partition coefficient (Wildman–Crippen LogP) is 16.9. The molecule has 0 spiro atoms. The van der Waals surface area contributed by atoms with Crippen LogP contribution in [-0.2, 0) is 28.6 Å². The lowest BCUT2D eigenvalue weighted by atomic mass is 10.0. The molecule has 0 amide bonds. The normalized spacial score (nSPS) is 12.2. The first-order valence-electron chi connectivity index (χ1n) is 26.0. The molecular formula is C54H98O6. The van der Waals surface area contributed by atoms with Gasteiger partial charge in [-0.1, -0.05) is 211 Å². The zero-order valence-electron chi connectivity index (χ0n) is 40.0. The van der Waals surface area contributed by atoms with Crippen LogP contribution in [0, 0.1) is 0 Å². The van der Waals surface area contributed by atoms with Gasteiger partial charge >= 0.3 is 17.9 Å². The van der Waals surface area contributed by atoms with E-state index in [4.69, 9.17) is 14.2 Å². The first kappa shape index (κ1) is 57.6. The average molecular weight is 843 g/mol. The molecule has 60 heavy (non-hydrogen) atoms. The average Bonchev–Trinajstić information content (AvgIpc) is 3.24. The van der Waals surface area contributed by atoms with Gasteiger partial charge in [-0.15, -0.1) is 0 Å². The van der Waals surface area contributed by atoms with Gasteiger partial charge < -0.3 is 14.2 Å². The van der Waals surface area contributed by atoms with Crippen molar-refractivity contribution in [3.05, 3.63) is 36.5 Å². The molecule has 0 unspecified atom stereocenters. The Kier molecular flexibility index (Phi) is 47.3. The minimum atomic E-state index is -0.776. The standard InChI is InChI=1S/C54H98O6/c1-4-7-10-13-16-19-22-25-27-29-32-35-38-41-44-47-53(56)59-50-51(49-58-52(55)46-43-40-37-34-31-24-21-18-15-12-9-6-3)60-54(57)48-45-42-39-36-33-30-28-26-23-20-17-14-11-8-5-2/h16,19-20,23,25,27,51H,4-15,17-18,21-22,24,26,28-50H2,1-3H3/b19-16-,23-20-,27-25-/t51-/m0/s1. The first-order valence-corrected chi connectivity index (χ1v) is 26.0. The Labute approximate surface area is 372 Å². The van der Waals surface area contributed by atoms with Crippen molar-refractivity contribution >= 4 is 17.9 Å². The van der Waals surface area contributed by atoms with Crippen LogP contribution in [0.15, 0.2) is 36.5 Å². The van der Waals surface area contributed by atoms with Gasteiger partial charge in [0.05, 0.1) is 0 Å². The molecule has 0 saturated carbocycles. The van der Waals surface area contributed by atoms with E-state index in [1.54, 1.807) is 0 Å². The van der Waals surface area contributed by atoms with Crippen LogP contribution in [-0.4, -0.2) is 37.2 Å². The van der Waals surface area contributed by atoms with E-state index < -0.39 is 6.10 Å². The molecule has 0 aromatic rings. The number of allylic oxidation sites excluding steroid dienone is 6. The number of rotatable bonds is 47. The van der Waals surface area contributed by atoms with Crippen molar-refractivity contribution in [2.45, 2.75) is 277 Å². The van der Waals surface area contributed by atoms with Crippen LogP contribution in [0.1, 0.15) is 271 Å². The van der Waals surface area contributed by atoms with Gasteiger partial charge in [-0.2, -0.15) is 0 Å². The van der Waals surface area contributed by atoms with Gasteiger partial charge in [-0.25, -0.2) is 0 Å². The molecule has 0 aromatic carbocycles. The third kappa shape index (κ3) is 46.7. The Morgan fingerprint density at radius 3 is 0.983 bits per heavy atom. The smallest absolute Gasteiger partial charge is 0.306 e. The third-order valence-electron chi connectivity index (χ3n) is 11.4. The van der Waals surface area contributed by atoms with Gasteiger partial charge in [-0.3, -0.25) is 14.4 Å². The zero-order valence-corrected chi connectivity index (χ0v) is 40.0. The number of unbranched alkanes of at least 4 members (excludes halogenated alkanes) is 30. The van der Waals surface area contributed by atoms with Crippen molar-refractivity contribution in [3.8, 4) is 0 Å². The van der Waals surface area contributed by atoms with Gasteiger partial charge in [0.25, 0.3) is 0 Å². The van der Waals surface area contributed by atoms with E-state index in [2.05, 4.69) is 57.2 Å². The maximum atomic E-state index is 12.8. The van der Waals surface area contributed by atoms with Gasteiger partial charge in [0.1, 0.15) is 13.2 Å². The quantitative estimate of drug-likeness (QED) is 0.0263. The fraction of sp³-hybridized carbons (Fsp3) is 0.833. The Morgan fingerprint density at radius 2 is 0.600 bits per heavy atom. The fourth-order valence-electron chi connectivity index (χ4n) is 7.41. The van der Waals surface area contributed by atoms with Crippen molar-refractivity contribution in [1.82, 2.24) is 0 Å². The van der Waals surface area contributed by atoms with E-state index in [1.807, 2.05) is 0 Å². The molecule has 350 valence electrons. The lowest BCUT2D eigenvalue weighted by molar-refractivity contribution is -0.167. The summed E-state index contributed by atoms with van der Waals surface area (Å²) >= 11 is 0. The predicted molar refractivity (Wildman–Crippen MR) is 256 cm³/mol. The zero-order chi connectivity index (χ0) is 43.7. The minimum Gasteiger partial charge on any atom is -0.462 e. The largest absolute Gasteiger partial charge is 0.462 e. The van der Waals surface area contributed by atoms with Crippen molar-refractivity contribution < 1.29 is 28.6 Å². The molecule has 0 heterocycles. The van der Waals surface area contributed by atoms with Crippen LogP contribution in [0.3, 0.4) is 0 Å². The Hall–Kier alpha value is -2.37. The topological polar surface area (TPSA) is 78.9 Å². The molecular weight excluding hydrogens is 745 g/mol.